The zero-order valence-electron chi connectivity index (χ0n) is 15.1. The maximum absolute atomic E-state index is 11.2. The molecule has 27 heavy (non-hydrogen) atoms. The first-order chi connectivity index (χ1) is 13.1. The molecule has 1 aliphatic rings. The maximum atomic E-state index is 11.2. The van der Waals surface area contributed by atoms with Crippen LogP contribution in [0.4, 0.5) is 5.13 Å². The van der Waals surface area contributed by atoms with Crippen LogP contribution >= 0.6 is 23.3 Å². The molecule has 140 valence electrons. The van der Waals surface area contributed by atoms with Crippen LogP contribution in [0.1, 0.15) is 19.8 Å². The van der Waals surface area contributed by atoms with Gasteiger partial charge in [0.05, 0.1) is 10.2 Å². The van der Waals surface area contributed by atoms with Gasteiger partial charge < -0.3 is 11.1 Å². The van der Waals surface area contributed by atoms with Gasteiger partial charge in [0.1, 0.15) is 0 Å². The molecule has 0 spiro atoms. The zero-order valence-corrected chi connectivity index (χ0v) is 16.8. The summed E-state index contributed by atoms with van der Waals surface area (Å²) in [7, 11) is 0. The van der Waals surface area contributed by atoms with E-state index in [1.54, 1.807) is 11.9 Å². The van der Waals surface area contributed by atoms with E-state index in [0.717, 1.165) is 41.7 Å². The molecule has 1 fully saturated rings. The number of nitrogens with zero attached hydrogens (tertiary/aromatic N) is 2. The predicted molar refractivity (Wildman–Crippen MR) is 114 cm³/mol. The summed E-state index contributed by atoms with van der Waals surface area (Å²) in [5.41, 5.74) is 9.33. The number of rotatable bonds is 4. The Labute approximate surface area is 167 Å². The molecule has 1 aliphatic heterocycles. The van der Waals surface area contributed by atoms with E-state index in [2.05, 4.69) is 51.0 Å². The number of amides is 1. The van der Waals surface area contributed by atoms with Crippen molar-refractivity contribution in [3.05, 3.63) is 42.5 Å². The standard InChI is InChI=1S/C20H22N4OS2/c1-13(25)22-20-23-18-8-7-15(11-19(18)26-20)14-4-2-6-17(10-14)27-24-9-3-5-16(21)12-24/h2,4,6-8,10-11,16H,3,5,9,12,21H2,1H3,(H,22,23,25). The molecule has 0 radical (unpaired) electrons. The van der Waals surface area contributed by atoms with Crippen LogP contribution in [0.2, 0.25) is 0 Å². The first-order valence-electron chi connectivity index (χ1n) is 9.04. The molecule has 2 aromatic carbocycles. The molecule has 2 heterocycles. The lowest BCUT2D eigenvalue weighted by atomic mass is 10.1. The van der Waals surface area contributed by atoms with Crippen molar-refractivity contribution in [1.29, 1.82) is 0 Å². The number of hydrogen-bond acceptors (Lipinski definition) is 6. The number of aromatic nitrogens is 1. The predicted octanol–water partition coefficient (Wildman–Crippen LogP) is 4.35. The highest BCUT2D eigenvalue weighted by Crippen LogP contribution is 2.33. The van der Waals surface area contributed by atoms with Crippen LogP contribution in [0.25, 0.3) is 21.3 Å². The van der Waals surface area contributed by atoms with Gasteiger partial charge in [0, 0.05) is 31.0 Å². The number of piperidine rings is 1. The summed E-state index contributed by atoms with van der Waals surface area (Å²) in [4.78, 5) is 16.9. The lowest BCUT2D eigenvalue weighted by molar-refractivity contribution is -0.114. The van der Waals surface area contributed by atoms with Gasteiger partial charge in [0.25, 0.3) is 0 Å². The third-order valence-corrected chi connectivity index (χ3v) is 6.48. The number of nitrogens with two attached hydrogens (primary N) is 1. The van der Waals surface area contributed by atoms with E-state index < -0.39 is 0 Å². The van der Waals surface area contributed by atoms with Crippen molar-refractivity contribution < 1.29 is 4.79 Å². The maximum Gasteiger partial charge on any atom is 0.223 e. The van der Waals surface area contributed by atoms with Crippen molar-refractivity contribution >= 4 is 44.5 Å². The summed E-state index contributed by atoms with van der Waals surface area (Å²) in [5, 5.41) is 3.40. The molecule has 5 nitrogen and oxygen atoms in total. The van der Waals surface area contributed by atoms with Crippen molar-refractivity contribution in [2.75, 3.05) is 18.4 Å². The molecule has 3 N–H and O–H groups in total. The molecule has 7 heteroatoms. The molecular weight excluding hydrogens is 376 g/mol. The molecule has 1 atom stereocenters. The quantitative estimate of drug-likeness (QED) is 0.639. The molecule has 1 amide bonds. The third-order valence-electron chi connectivity index (χ3n) is 4.49. The van der Waals surface area contributed by atoms with E-state index >= 15 is 0 Å². The molecule has 4 rings (SSSR count). The molecular formula is C20H22N4OS2. The van der Waals surface area contributed by atoms with E-state index in [1.165, 1.54) is 28.7 Å². The smallest absolute Gasteiger partial charge is 0.223 e. The minimum Gasteiger partial charge on any atom is -0.327 e. The van der Waals surface area contributed by atoms with Gasteiger partial charge in [-0.05, 0) is 60.2 Å². The molecule has 0 saturated carbocycles. The first-order valence-corrected chi connectivity index (χ1v) is 10.6. The van der Waals surface area contributed by atoms with Crippen LogP contribution in [0, 0.1) is 0 Å². The van der Waals surface area contributed by atoms with Gasteiger partial charge >= 0.3 is 0 Å². The summed E-state index contributed by atoms with van der Waals surface area (Å²) >= 11 is 3.28. The van der Waals surface area contributed by atoms with Gasteiger partial charge in [0.2, 0.25) is 5.91 Å². The second-order valence-electron chi connectivity index (χ2n) is 6.79. The van der Waals surface area contributed by atoms with Crippen LogP contribution in [-0.2, 0) is 4.79 Å². The number of thiazole rings is 1. The average molecular weight is 399 g/mol. The Morgan fingerprint density at radius 3 is 2.96 bits per heavy atom. The zero-order chi connectivity index (χ0) is 18.8. The topological polar surface area (TPSA) is 71.2 Å². The highest BCUT2D eigenvalue weighted by molar-refractivity contribution is 7.97. The molecule has 1 unspecified atom stereocenters. The Hall–Kier alpha value is -1.93. The summed E-state index contributed by atoms with van der Waals surface area (Å²) in [6, 6.07) is 15.1. The highest BCUT2D eigenvalue weighted by atomic mass is 32.2. The number of anilines is 1. The van der Waals surface area contributed by atoms with Crippen molar-refractivity contribution in [2.45, 2.75) is 30.7 Å². The first kappa shape index (κ1) is 18.4. The van der Waals surface area contributed by atoms with Gasteiger partial charge in [0.15, 0.2) is 5.13 Å². The fourth-order valence-corrected chi connectivity index (χ4v) is 5.30. The number of carbonyl (C=O) groups is 1. The molecule has 3 aromatic rings. The Bertz CT molecular complexity index is 972. The summed E-state index contributed by atoms with van der Waals surface area (Å²) in [5.74, 6) is -0.101. The van der Waals surface area contributed by atoms with Crippen molar-refractivity contribution in [1.82, 2.24) is 9.29 Å². The summed E-state index contributed by atoms with van der Waals surface area (Å²) < 4.78 is 3.43. The number of carbonyl (C=O) groups excluding carboxylic acids is 1. The third kappa shape index (κ3) is 4.50. The Balaban J connectivity index is 1.56. The molecule has 0 aliphatic carbocycles. The second kappa shape index (κ2) is 7.98. The summed E-state index contributed by atoms with van der Waals surface area (Å²) in [6.07, 6.45) is 2.28. The van der Waals surface area contributed by atoms with Crippen molar-refractivity contribution in [3.63, 3.8) is 0 Å². The Morgan fingerprint density at radius 1 is 1.30 bits per heavy atom. The normalized spacial score (nSPS) is 17.9. The lowest BCUT2D eigenvalue weighted by Crippen LogP contribution is -2.39. The van der Waals surface area contributed by atoms with Crippen LogP contribution in [0.5, 0.6) is 0 Å². The van der Waals surface area contributed by atoms with Crippen molar-refractivity contribution in [3.8, 4) is 11.1 Å². The van der Waals surface area contributed by atoms with Gasteiger partial charge in [-0.1, -0.05) is 29.5 Å². The van der Waals surface area contributed by atoms with E-state index in [0.29, 0.717) is 5.13 Å². The second-order valence-corrected chi connectivity index (χ2v) is 8.99. The number of hydrogen-bond donors (Lipinski definition) is 2. The fourth-order valence-electron chi connectivity index (χ4n) is 3.25. The minimum atomic E-state index is -0.101. The van der Waals surface area contributed by atoms with Gasteiger partial charge in [-0.2, -0.15) is 0 Å². The monoisotopic (exact) mass is 398 g/mol. The van der Waals surface area contributed by atoms with E-state index in [9.17, 15) is 4.79 Å². The van der Waals surface area contributed by atoms with Gasteiger partial charge in [-0.15, -0.1) is 0 Å². The van der Waals surface area contributed by atoms with Gasteiger partial charge in [-0.25, -0.2) is 9.29 Å². The minimum absolute atomic E-state index is 0.101. The van der Waals surface area contributed by atoms with E-state index in [1.807, 2.05) is 6.07 Å². The fraction of sp³-hybridized carbons (Fsp3) is 0.300. The van der Waals surface area contributed by atoms with E-state index in [4.69, 9.17) is 5.73 Å². The molecule has 0 bridgehead atoms. The summed E-state index contributed by atoms with van der Waals surface area (Å²) in [6.45, 7) is 3.52. The molecule has 1 aromatic heterocycles. The van der Waals surface area contributed by atoms with Gasteiger partial charge in [-0.3, -0.25) is 4.79 Å². The van der Waals surface area contributed by atoms with Crippen LogP contribution in [-0.4, -0.2) is 34.3 Å². The number of nitrogens with one attached hydrogen (secondary N) is 1. The van der Waals surface area contributed by atoms with Crippen molar-refractivity contribution in [2.24, 2.45) is 5.73 Å². The number of benzene rings is 2. The number of fused-ring (bicyclic) bond motifs is 1. The largest absolute Gasteiger partial charge is 0.327 e. The lowest BCUT2D eigenvalue weighted by Gasteiger charge is -2.29. The highest BCUT2D eigenvalue weighted by Gasteiger charge is 2.17. The van der Waals surface area contributed by atoms with Crippen LogP contribution < -0.4 is 11.1 Å². The Morgan fingerprint density at radius 2 is 2.15 bits per heavy atom. The van der Waals surface area contributed by atoms with Crippen LogP contribution in [0.15, 0.2) is 47.4 Å². The van der Waals surface area contributed by atoms with E-state index in [-0.39, 0.29) is 11.9 Å². The Kier molecular flexibility index (Phi) is 5.45. The average Bonchev–Trinajstić information content (AvgIpc) is 3.02. The van der Waals surface area contributed by atoms with Crippen LogP contribution in [0.3, 0.4) is 0 Å². The SMILES string of the molecule is CC(=O)Nc1nc2ccc(-c3cccc(SN4CCCC(N)C4)c3)cc2s1. The molecule has 1 saturated heterocycles.